The van der Waals surface area contributed by atoms with Crippen molar-refractivity contribution in [1.82, 2.24) is 9.97 Å². The van der Waals surface area contributed by atoms with Gasteiger partial charge in [-0.25, -0.2) is 4.98 Å². The predicted molar refractivity (Wildman–Crippen MR) is 83.1 cm³/mol. The molecule has 5 heteroatoms. The van der Waals surface area contributed by atoms with Crippen LogP contribution in [0.2, 0.25) is 0 Å². The molecule has 1 aliphatic carbocycles. The number of hydrogen-bond donors (Lipinski definition) is 1. The van der Waals surface area contributed by atoms with E-state index in [2.05, 4.69) is 23.0 Å². The molecular formula is C15H20N4S. The monoisotopic (exact) mass is 288 g/mol. The Bertz CT molecular complexity index is 604. The van der Waals surface area contributed by atoms with Crippen LogP contribution in [0.3, 0.4) is 0 Å². The van der Waals surface area contributed by atoms with Crippen LogP contribution in [0.15, 0.2) is 18.2 Å². The number of aromatic nitrogens is 2. The van der Waals surface area contributed by atoms with Gasteiger partial charge < -0.3 is 10.6 Å². The summed E-state index contributed by atoms with van der Waals surface area (Å²) in [6, 6.07) is 6.13. The van der Waals surface area contributed by atoms with Gasteiger partial charge in [-0.2, -0.15) is 0 Å². The molecule has 2 N–H and O–H groups in total. The zero-order chi connectivity index (χ0) is 14.1. The Kier molecular flexibility index (Phi) is 3.72. The van der Waals surface area contributed by atoms with E-state index in [9.17, 15) is 0 Å². The number of thiazole rings is 1. The van der Waals surface area contributed by atoms with Crippen molar-refractivity contribution in [1.29, 1.82) is 0 Å². The van der Waals surface area contributed by atoms with Crippen molar-refractivity contribution in [3.8, 4) is 0 Å². The molecule has 0 aromatic carbocycles. The van der Waals surface area contributed by atoms with Gasteiger partial charge in [-0.15, -0.1) is 11.3 Å². The van der Waals surface area contributed by atoms with E-state index in [0.29, 0.717) is 12.5 Å². The van der Waals surface area contributed by atoms with Gasteiger partial charge in [0.25, 0.3) is 0 Å². The van der Waals surface area contributed by atoms with Gasteiger partial charge in [-0.1, -0.05) is 6.07 Å². The lowest BCUT2D eigenvalue weighted by atomic mass is 10.2. The Balaban J connectivity index is 1.78. The molecule has 1 fully saturated rings. The van der Waals surface area contributed by atoms with Gasteiger partial charge in [0.05, 0.1) is 17.9 Å². The zero-order valence-electron chi connectivity index (χ0n) is 12.0. The van der Waals surface area contributed by atoms with Gasteiger partial charge in [0, 0.05) is 30.1 Å². The maximum atomic E-state index is 5.84. The molecule has 0 atom stereocenters. The second-order valence-electron chi connectivity index (χ2n) is 5.41. The van der Waals surface area contributed by atoms with Gasteiger partial charge in [0.15, 0.2) is 5.13 Å². The molecule has 4 nitrogen and oxygen atoms in total. The number of nitrogens with two attached hydrogens (primary N) is 1. The smallest absolute Gasteiger partial charge is 0.185 e. The van der Waals surface area contributed by atoms with Crippen LogP contribution in [0.4, 0.5) is 5.13 Å². The van der Waals surface area contributed by atoms with Crippen LogP contribution in [-0.4, -0.2) is 17.0 Å². The topological polar surface area (TPSA) is 55.0 Å². The van der Waals surface area contributed by atoms with Crippen LogP contribution in [0.5, 0.6) is 0 Å². The van der Waals surface area contributed by atoms with E-state index < -0.39 is 0 Å². The first-order valence-corrected chi connectivity index (χ1v) is 7.82. The largest absolute Gasteiger partial charge is 0.345 e. The summed E-state index contributed by atoms with van der Waals surface area (Å²) in [5.41, 5.74) is 9.20. The molecular weight excluding hydrogens is 268 g/mol. The molecule has 0 saturated heterocycles. The highest BCUT2D eigenvalue weighted by molar-refractivity contribution is 7.15. The van der Waals surface area contributed by atoms with Gasteiger partial charge in [-0.05, 0) is 31.9 Å². The van der Waals surface area contributed by atoms with E-state index in [1.165, 1.54) is 23.4 Å². The van der Waals surface area contributed by atoms with E-state index in [-0.39, 0.29) is 0 Å². The van der Waals surface area contributed by atoms with Crippen LogP contribution in [-0.2, 0) is 13.1 Å². The summed E-state index contributed by atoms with van der Waals surface area (Å²) >= 11 is 1.72. The minimum absolute atomic E-state index is 0.597. The van der Waals surface area contributed by atoms with Crippen LogP contribution in [0.25, 0.3) is 0 Å². The third-order valence-corrected chi connectivity index (χ3v) is 4.75. The van der Waals surface area contributed by atoms with Crippen molar-refractivity contribution >= 4 is 16.5 Å². The normalized spacial score (nSPS) is 14.6. The van der Waals surface area contributed by atoms with Gasteiger partial charge >= 0.3 is 0 Å². The number of pyridine rings is 1. The van der Waals surface area contributed by atoms with E-state index in [0.717, 1.165) is 23.1 Å². The highest BCUT2D eigenvalue weighted by Gasteiger charge is 2.29. The number of hydrogen-bond acceptors (Lipinski definition) is 5. The number of nitrogens with zero attached hydrogens (tertiary/aromatic N) is 3. The van der Waals surface area contributed by atoms with Crippen LogP contribution >= 0.6 is 11.3 Å². The molecule has 106 valence electrons. The zero-order valence-corrected chi connectivity index (χ0v) is 12.8. The summed E-state index contributed by atoms with van der Waals surface area (Å²) in [4.78, 5) is 12.8. The number of anilines is 1. The second-order valence-corrected chi connectivity index (χ2v) is 6.47. The molecule has 0 aliphatic heterocycles. The summed E-state index contributed by atoms with van der Waals surface area (Å²) in [5.74, 6) is 0.657. The first kappa shape index (κ1) is 13.5. The first-order chi connectivity index (χ1) is 9.67. The summed E-state index contributed by atoms with van der Waals surface area (Å²) < 4.78 is 0. The first-order valence-electron chi connectivity index (χ1n) is 7.00. The third kappa shape index (κ3) is 2.83. The van der Waals surface area contributed by atoms with Crippen molar-refractivity contribution in [3.05, 3.63) is 40.2 Å². The Morgan fingerprint density at radius 3 is 2.80 bits per heavy atom. The minimum atomic E-state index is 0.597. The highest BCUT2D eigenvalue weighted by atomic mass is 32.1. The Morgan fingerprint density at radius 2 is 2.15 bits per heavy atom. The molecule has 2 aromatic heterocycles. The Hall–Kier alpha value is -1.46. The molecule has 3 rings (SSSR count). The van der Waals surface area contributed by atoms with Crippen molar-refractivity contribution in [2.24, 2.45) is 5.73 Å². The van der Waals surface area contributed by atoms with Gasteiger partial charge in [-0.3, -0.25) is 4.98 Å². The summed E-state index contributed by atoms with van der Waals surface area (Å²) in [7, 11) is 2.07. The van der Waals surface area contributed by atoms with Crippen molar-refractivity contribution in [2.75, 3.05) is 11.9 Å². The summed E-state index contributed by atoms with van der Waals surface area (Å²) in [6.07, 6.45) is 2.53. The third-order valence-electron chi connectivity index (χ3n) is 3.54. The molecule has 20 heavy (non-hydrogen) atoms. The average molecular weight is 288 g/mol. The van der Waals surface area contributed by atoms with Crippen LogP contribution in [0, 0.1) is 6.92 Å². The summed E-state index contributed by atoms with van der Waals surface area (Å²) in [6.45, 7) is 3.40. The van der Waals surface area contributed by atoms with E-state index in [4.69, 9.17) is 10.7 Å². The molecule has 0 spiro atoms. The van der Waals surface area contributed by atoms with Gasteiger partial charge in [0.2, 0.25) is 0 Å². The molecule has 2 heterocycles. The minimum Gasteiger partial charge on any atom is -0.345 e. The SMILES string of the molecule is Cc1cccc(CN(C)c2nc(C3CC3)c(CN)s2)n1. The lowest BCUT2D eigenvalue weighted by Gasteiger charge is -2.15. The maximum Gasteiger partial charge on any atom is 0.185 e. The quantitative estimate of drug-likeness (QED) is 0.919. The number of aryl methyl sites for hydroxylation is 1. The number of rotatable bonds is 5. The van der Waals surface area contributed by atoms with Crippen molar-refractivity contribution in [3.63, 3.8) is 0 Å². The van der Waals surface area contributed by atoms with Crippen LogP contribution < -0.4 is 10.6 Å². The molecule has 0 bridgehead atoms. The standard InChI is InChI=1S/C15H20N4S/c1-10-4-3-5-12(17-10)9-19(2)15-18-14(11-6-7-11)13(8-16)20-15/h3-5,11H,6-9,16H2,1-2H3. The van der Waals surface area contributed by atoms with Gasteiger partial charge in [0.1, 0.15) is 0 Å². The summed E-state index contributed by atoms with van der Waals surface area (Å²) in [5, 5.41) is 1.05. The lowest BCUT2D eigenvalue weighted by Crippen LogP contribution is -2.17. The fourth-order valence-corrected chi connectivity index (χ4v) is 3.32. The van der Waals surface area contributed by atoms with E-state index in [1.807, 2.05) is 19.1 Å². The van der Waals surface area contributed by atoms with E-state index >= 15 is 0 Å². The van der Waals surface area contributed by atoms with Crippen molar-refractivity contribution in [2.45, 2.75) is 38.8 Å². The Morgan fingerprint density at radius 1 is 1.35 bits per heavy atom. The second kappa shape index (κ2) is 5.50. The predicted octanol–water partition coefficient (Wildman–Crippen LogP) is 2.82. The lowest BCUT2D eigenvalue weighted by molar-refractivity contribution is 0.863. The highest BCUT2D eigenvalue weighted by Crippen LogP contribution is 2.44. The molecule has 2 aromatic rings. The molecule has 0 radical (unpaired) electrons. The Labute approximate surface area is 123 Å². The molecule has 0 unspecified atom stereocenters. The fraction of sp³-hybridized carbons (Fsp3) is 0.467. The van der Waals surface area contributed by atoms with E-state index in [1.54, 1.807) is 11.3 Å². The average Bonchev–Trinajstić information content (AvgIpc) is 3.17. The van der Waals surface area contributed by atoms with Crippen LogP contribution in [0.1, 0.15) is 40.7 Å². The molecule has 1 saturated carbocycles. The maximum absolute atomic E-state index is 5.84. The molecule has 0 amide bonds. The van der Waals surface area contributed by atoms with Crippen molar-refractivity contribution < 1.29 is 0 Å². The molecule has 1 aliphatic rings. The fourth-order valence-electron chi connectivity index (χ4n) is 2.33.